The van der Waals surface area contributed by atoms with Crippen molar-refractivity contribution < 1.29 is 9.18 Å². The van der Waals surface area contributed by atoms with Crippen LogP contribution in [0, 0.1) is 12.7 Å². The second kappa shape index (κ2) is 4.98. The lowest BCUT2D eigenvalue weighted by Crippen LogP contribution is -2.24. The zero-order chi connectivity index (χ0) is 14.3. The highest BCUT2D eigenvalue weighted by Gasteiger charge is 2.28. The van der Waals surface area contributed by atoms with Gasteiger partial charge in [0.2, 0.25) is 0 Å². The molecule has 1 amide bonds. The number of rotatable bonds is 2. The number of hydrogen-bond acceptors (Lipinski definition) is 2. The van der Waals surface area contributed by atoms with E-state index in [1.54, 1.807) is 23.2 Å². The van der Waals surface area contributed by atoms with Crippen molar-refractivity contribution in [2.45, 2.75) is 20.0 Å². The summed E-state index contributed by atoms with van der Waals surface area (Å²) < 4.78 is 14.7. The number of carbonyl (C=O) groups excluding carboxylic acids is 1. The molecule has 5 heteroatoms. The zero-order valence-electron chi connectivity index (χ0n) is 10.9. The molecule has 0 spiro atoms. The zero-order valence-corrected chi connectivity index (χ0v) is 12.4. The average molecular weight is 335 g/mol. The Kier molecular flexibility index (Phi) is 3.30. The van der Waals surface area contributed by atoms with Gasteiger partial charge in [-0.15, -0.1) is 0 Å². The summed E-state index contributed by atoms with van der Waals surface area (Å²) in [6, 6.07) is 6.78. The van der Waals surface area contributed by atoms with Crippen molar-refractivity contribution >= 4 is 21.8 Å². The molecule has 0 bridgehead atoms. The van der Waals surface area contributed by atoms with Gasteiger partial charge < -0.3 is 4.90 Å². The number of pyridine rings is 1. The predicted molar refractivity (Wildman–Crippen MR) is 76.7 cm³/mol. The molecule has 0 saturated carbocycles. The summed E-state index contributed by atoms with van der Waals surface area (Å²) in [6.45, 7) is 2.54. The SMILES string of the molecule is Cc1cc(Br)cc(F)c1CN1Cc2ncccc2C1=O. The van der Waals surface area contributed by atoms with Crippen LogP contribution in [0.25, 0.3) is 0 Å². The lowest BCUT2D eigenvalue weighted by atomic mass is 10.1. The van der Waals surface area contributed by atoms with E-state index < -0.39 is 0 Å². The van der Waals surface area contributed by atoms with Crippen molar-refractivity contribution in [3.8, 4) is 0 Å². The van der Waals surface area contributed by atoms with Crippen molar-refractivity contribution in [3.05, 3.63) is 63.1 Å². The lowest BCUT2D eigenvalue weighted by molar-refractivity contribution is 0.0764. The fraction of sp³-hybridized carbons (Fsp3) is 0.200. The minimum atomic E-state index is -0.298. The highest BCUT2D eigenvalue weighted by Crippen LogP contribution is 2.26. The first-order chi connectivity index (χ1) is 9.56. The second-order valence-corrected chi connectivity index (χ2v) is 5.76. The number of halogens is 2. The van der Waals surface area contributed by atoms with E-state index in [2.05, 4.69) is 20.9 Å². The molecule has 1 aromatic carbocycles. The lowest BCUT2D eigenvalue weighted by Gasteiger charge is -2.17. The van der Waals surface area contributed by atoms with Crippen LogP contribution in [0.15, 0.2) is 34.9 Å². The Bertz CT molecular complexity index is 679. The van der Waals surface area contributed by atoms with Crippen LogP contribution in [0.2, 0.25) is 0 Å². The van der Waals surface area contributed by atoms with Crippen LogP contribution in [-0.2, 0) is 13.1 Å². The van der Waals surface area contributed by atoms with Crippen LogP contribution in [0.4, 0.5) is 4.39 Å². The maximum atomic E-state index is 14.0. The van der Waals surface area contributed by atoms with Gasteiger partial charge in [-0.2, -0.15) is 0 Å². The Morgan fingerprint density at radius 1 is 1.45 bits per heavy atom. The molecule has 0 unspecified atom stereocenters. The topological polar surface area (TPSA) is 33.2 Å². The number of aryl methyl sites for hydroxylation is 1. The molecule has 3 rings (SSSR count). The molecule has 20 heavy (non-hydrogen) atoms. The standard InChI is InChI=1S/C15H12BrFN2O/c1-9-5-10(16)6-13(17)12(9)7-19-8-14-11(15(19)20)3-2-4-18-14/h2-6H,7-8H2,1H3. The Morgan fingerprint density at radius 2 is 2.25 bits per heavy atom. The van der Waals surface area contributed by atoms with E-state index in [4.69, 9.17) is 0 Å². The summed E-state index contributed by atoms with van der Waals surface area (Å²) in [7, 11) is 0. The Morgan fingerprint density at radius 3 is 2.95 bits per heavy atom. The summed E-state index contributed by atoms with van der Waals surface area (Å²) in [6.07, 6.45) is 1.67. The Hall–Kier alpha value is -1.75. The maximum absolute atomic E-state index is 14.0. The molecule has 1 aliphatic rings. The monoisotopic (exact) mass is 334 g/mol. The van der Waals surface area contributed by atoms with Gasteiger partial charge in [-0.25, -0.2) is 4.39 Å². The number of nitrogens with zero attached hydrogens (tertiary/aromatic N) is 2. The first-order valence-electron chi connectivity index (χ1n) is 6.24. The second-order valence-electron chi connectivity index (χ2n) is 4.84. The summed E-state index contributed by atoms with van der Waals surface area (Å²) in [5, 5.41) is 0. The number of aromatic nitrogens is 1. The van der Waals surface area contributed by atoms with Gasteiger partial charge in [-0.3, -0.25) is 9.78 Å². The number of carbonyl (C=O) groups is 1. The number of amides is 1. The fourth-order valence-corrected chi connectivity index (χ4v) is 2.98. The normalized spacial score (nSPS) is 13.8. The Balaban J connectivity index is 1.90. The number of hydrogen-bond donors (Lipinski definition) is 0. The molecule has 3 nitrogen and oxygen atoms in total. The van der Waals surface area contributed by atoms with Gasteiger partial charge in [0.05, 0.1) is 17.8 Å². The Labute approximate surface area is 124 Å². The summed E-state index contributed by atoms with van der Waals surface area (Å²) in [5.41, 5.74) is 2.75. The minimum Gasteiger partial charge on any atom is -0.328 e. The largest absolute Gasteiger partial charge is 0.328 e. The van der Waals surface area contributed by atoms with Crippen LogP contribution < -0.4 is 0 Å². The summed E-state index contributed by atoms with van der Waals surface area (Å²) >= 11 is 3.26. The molecule has 1 aliphatic heterocycles. The van der Waals surface area contributed by atoms with Gasteiger partial charge >= 0.3 is 0 Å². The predicted octanol–water partition coefficient (Wildman–Crippen LogP) is 3.45. The number of benzene rings is 1. The third kappa shape index (κ3) is 2.22. The molecule has 102 valence electrons. The van der Waals surface area contributed by atoms with Crippen molar-refractivity contribution in [3.63, 3.8) is 0 Å². The summed E-state index contributed by atoms with van der Waals surface area (Å²) in [5.74, 6) is -0.386. The molecule has 0 N–H and O–H groups in total. The van der Waals surface area contributed by atoms with E-state index in [9.17, 15) is 9.18 Å². The van der Waals surface area contributed by atoms with Gasteiger partial charge in [-0.1, -0.05) is 15.9 Å². The average Bonchev–Trinajstić information content (AvgIpc) is 2.71. The van der Waals surface area contributed by atoms with Gasteiger partial charge in [-0.05, 0) is 36.8 Å². The van der Waals surface area contributed by atoms with E-state index in [0.717, 1.165) is 11.3 Å². The molecule has 2 heterocycles. The van der Waals surface area contributed by atoms with Crippen LogP contribution in [0.1, 0.15) is 27.2 Å². The highest BCUT2D eigenvalue weighted by atomic mass is 79.9. The minimum absolute atomic E-state index is 0.0881. The van der Waals surface area contributed by atoms with Crippen molar-refractivity contribution in [2.75, 3.05) is 0 Å². The third-order valence-corrected chi connectivity index (χ3v) is 3.94. The van der Waals surface area contributed by atoms with E-state index in [1.807, 2.05) is 13.0 Å². The molecule has 1 aromatic heterocycles. The maximum Gasteiger partial charge on any atom is 0.256 e. The first-order valence-corrected chi connectivity index (χ1v) is 7.03. The molecular weight excluding hydrogens is 323 g/mol. The van der Waals surface area contributed by atoms with E-state index in [0.29, 0.717) is 22.1 Å². The fourth-order valence-electron chi connectivity index (χ4n) is 2.43. The molecular formula is C15H12BrFN2O. The van der Waals surface area contributed by atoms with Crippen LogP contribution in [0.3, 0.4) is 0 Å². The smallest absolute Gasteiger partial charge is 0.256 e. The van der Waals surface area contributed by atoms with Gasteiger partial charge in [0.25, 0.3) is 5.91 Å². The van der Waals surface area contributed by atoms with Gasteiger partial charge in [0, 0.05) is 22.8 Å². The van der Waals surface area contributed by atoms with E-state index >= 15 is 0 Å². The molecule has 0 fully saturated rings. The van der Waals surface area contributed by atoms with Crippen LogP contribution in [0.5, 0.6) is 0 Å². The van der Waals surface area contributed by atoms with Crippen molar-refractivity contribution in [1.29, 1.82) is 0 Å². The highest BCUT2D eigenvalue weighted by molar-refractivity contribution is 9.10. The molecule has 0 aliphatic carbocycles. The molecule has 0 atom stereocenters. The van der Waals surface area contributed by atoms with Crippen LogP contribution in [-0.4, -0.2) is 15.8 Å². The van der Waals surface area contributed by atoms with E-state index in [-0.39, 0.29) is 18.3 Å². The van der Waals surface area contributed by atoms with E-state index in [1.165, 1.54) is 6.07 Å². The number of fused-ring (bicyclic) bond motifs is 1. The van der Waals surface area contributed by atoms with Gasteiger partial charge in [0.1, 0.15) is 5.82 Å². The molecule has 0 saturated heterocycles. The first kappa shape index (κ1) is 13.2. The van der Waals surface area contributed by atoms with Crippen molar-refractivity contribution in [2.24, 2.45) is 0 Å². The third-order valence-electron chi connectivity index (χ3n) is 3.48. The quantitative estimate of drug-likeness (QED) is 0.842. The summed E-state index contributed by atoms with van der Waals surface area (Å²) in [4.78, 5) is 18.1. The van der Waals surface area contributed by atoms with Gasteiger partial charge in [0.15, 0.2) is 0 Å². The molecule has 2 aromatic rings. The molecule has 0 radical (unpaired) electrons. The van der Waals surface area contributed by atoms with Crippen LogP contribution >= 0.6 is 15.9 Å². The van der Waals surface area contributed by atoms with Crippen molar-refractivity contribution in [1.82, 2.24) is 9.88 Å².